The van der Waals surface area contributed by atoms with Crippen molar-refractivity contribution in [3.63, 3.8) is 0 Å². The molecule has 0 aliphatic carbocycles. The van der Waals surface area contributed by atoms with Gasteiger partial charge in [0.05, 0.1) is 24.3 Å². The predicted octanol–water partition coefficient (Wildman–Crippen LogP) is 4.77. The third-order valence-electron chi connectivity index (χ3n) is 5.61. The topological polar surface area (TPSA) is 180 Å². The van der Waals surface area contributed by atoms with Gasteiger partial charge in [0.25, 0.3) is 5.69 Å². The summed E-state index contributed by atoms with van der Waals surface area (Å²) >= 11 is 0. The van der Waals surface area contributed by atoms with Gasteiger partial charge in [-0.1, -0.05) is 19.9 Å². The highest BCUT2D eigenvalue weighted by Gasteiger charge is 2.09. The number of aryl methyl sites for hydroxylation is 2. The van der Waals surface area contributed by atoms with Crippen LogP contribution in [0.15, 0.2) is 54.6 Å². The molecule has 0 aliphatic heterocycles. The van der Waals surface area contributed by atoms with Crippen LogP contribution in [0.1, 0.15) is 31.4 Å². The van der Waals surface area contributed by atoms with Crippen LogP contribution in [0.2, 0.25) is 0 Å². The number of hydrogen-bond acceptors (Lipinski definition) is 9. The SMILES string of the molecule is CC(C)CCN(CCO)c1ccc(N)cc1.COc1cc(N)c(C)cc1N.Cc1ccc(N)c([N+](=O)[O-])c1. The molecule has 10 nitrogen and oxygen atoms in total. The molecule has 0 aliphatic rings. The molecular formula is C28H42N6O4. The molecule has 0 unspecified atom stereocenters. The minimum absolute atomic E-state index is 0.0231. The van der Waals surface area contributed by atoms with Gasteiger partial charge in [-0.15, -0.1) is 0 Å². The van der Waals surface area contributed by atoms with Gasteiger partial charge in [0.15, 0.2) is 0 Å². The maximum Gasteiger partial charge on any atom is 0.292 e. The Morgan fingerprint density at radius 3 is 2.05 bits per heavy atom. The van der Waals surface area contributed by atoms with Crippen molar-refractivity contribution < 1.29 is 14.8 Å². The van der Waals surface area contributed by atoms with Gasteiger partial charge in [-0.25, -0.2) is 0 Å². The standard InChI is InChI=1S/C13H22N2O.C8H12N2O.C7H8N2O2/c1-11(2)7-8-15(9-10-16)13-5-3-12(14)4-6-13;1-5-3-7(10)8(11-2)4-6(5)9;1-5-2-3-6(8)7(4-5)9(10)11/h3-6,11,16H,7-10,14H2,1-2H3;3-4H,9-10H2,1-2H3;2-4H,8H2,1H3. The first-order valence-electron chi connectivity index (χ1n) is 12.3. The first-order valence-corrected chi connectivity index (χ1v) is 12.3. The number of anilines is 5. The normalized spacial score (nSPS) is 10.1. The number of aliphatic hydroxyl groups is 1. The number of nitro groups is 1. The number of aliphatic hydroxyl groups excluding tert-OH is 1. The largest absolute Gasteiger partial charge is 0.495 e. The maximum absolute atomic E-state index is 10.3. The first kappa shape index (κ1) is 31.8. The number of nitro benzene ring substituents is 1. The smallest absolute Gasteiger partial charge is 0.292 e. The van der Waals surface area contributed by atoms with Crippen molar-refractivity contribution in [1.82, 2.24) is 0 Å². The Bertz CT molecular complexity index is 1150. The van der Waals surface area contributed by atoms with Crippen LogP contribution in [0, 0.1) is 29.9 Å². The van der Waals surface area contributed by atoms with Crippen LogP contribution in [0.5, 0.6) is 5.75 Å². The van der Waals surface area contributed by atoms with E-state index in [1.54, 1.807) is 32.2 Å². The number of nitrogens with zero attached hydrogens (tertiary/aromatic N) is 2. The second-order valence-corrected chi connectivity index (χ2v) is 9.25. The van der Waals surface area contributed by atoms with E-state index in [9.17, 15) is 10.1 Å². The summed E-state index contributed by atoms with van der Waals surface area (Å²) in [5, 5.41) is 19.4. The Labute approximate surface area is 225 Å². The van der Waals surface area contributed by atoms with Crippen molar-refractivity contribution in [2.45, 2.75) is 34.1 Å². The monoisotopic (exact) mass is 526 g/mol. The summed E-state index contributed by atoms with van der Waals surface area (Å²) in [7, 11) is 1.57. The number of ether oxygens (including phenoxy) is 1. The third kappa shape index (κ3) is 10.8. The van der Waals surface area contributed by atoms with Crippen molar-refractivity contribution in [2.75, 3.05) is 54.6 Å². The van der Waals surface area contributed by atoms with Crippen LogP contribution >= 0.6 is 0 Å². The lowest BCUT2D eigenvalue weighted by Crippen LogP contribution is -2.28. The zero-order valence-corrected chi connectivity index (χ0v) is 23.0. The zero-order valence-electron chi connectivity index (χ0n) is 23.0. The van der Waals surface area contributed by atoms with Gasteiger partial charge >= 0.3 is 0 Å². The number of rotatable bonds is 8. The average molecular weight is 527 g/mol. The molecule has 0 aromatic heterocycles. The molecular weight excluding hydrogens is 484 g/mol. The predicted molar refractivity (Wildman–Crippen MR) is 158 cm³/mol. The molecule has 38 heavy (non-hydrogen) atoms. The lowest BCUT2D eigenvalue weighted by atomic mass is 10.1. The van der Waals surface area contributed by atoms with E-state index in [0.29, 0.717) is 29.6 Å². The van der Waals surface area contributed by atoms with E-state index < -0.39 is 4.92 Å². The Balaban J connectivity index is 0.000000293. The molecule has 0 heterocycles. The van der Waals surface area contributed by atoms with E-state index in [2.05, 4.69) is 18.7 Å². The fourth-order valence-corrected chi connectivity index (χ4v) is 3.30. The molecule has 0 atom stereocenters. The van der Waals surface area contributed by atoms with Gasteiger partial charge in [0.2, 0.25) is 0 Å². The molecule has 0 saturated carbocycles. The van der Waals surface area contributed by atoms with Crippen molar-refractivity contribution in [1.29, 1.82) is 0 Å². The van der Waals surface area contributed by atoms with E-state index in [1.165, 1.54) is 12.1 Å². The number of nitrogen functional groups attached to an aromatic ring is 4. The van der Waals surface area contributed by atoms with E-state index in [-0.39, 0.29) is 18.0 Å². The number of methoxy groups -OCH3 is 1. The number of nitrogens with two attached hydrogens (primary N) is 4. The molecule has 0 spiro atoms. The molecule has 3 rings (SSSR count). The highest BCUT2D eigenvalue weighted by atomic mass is 16.6. The molecule has 0 saturated heterocycles. The maximum atomic E-state index is 10.3. The van der Waals surface area contributed by atoms with E-state index in [1.807, 2.05) is 31.2 Å². The van der Waals surface area contributed by atoms with Gasteiger partial charge in [0.1, 0.15) is 11.4 Å². The van der Waals surface area contributed by atoms with E-state index in [4.69, 9.17) is 32.8 Å². The fourth-order valence-electron chi connectivity index (χ4n) is 3.30. The molecule has 0 bridgehead atoms. The summed E-state index contributed by atoms with van der Waals surface area (Å²) in [5.41, 5.74) is 27.5. The Kier molecular flexibility index (Phi) is 13.3. The molecule has 10 heteroatoms. The van der Waals surface area contributed by atoms with E-state index in [0.717, 1.165) is 35.5 Å². The van der Waals surface area contributed by atoms with Crippen LogP contribution in [-0.2, 0) is 0 Å². The van der Waals surface area contributed by atoms with Crippen molar-refractivity contribution in [3.05, 3.63) is 75.8 Å². The van der Waals surface area contributed by atoms with E-state index >= 15 is 0 Å². The van der Waals surface area contributed by atoms with Crippen molar-refractivity contribution in [2.24, 2.45) is 5.92 Å². The molecule has 3 aromatic rings. The van der Waals surface area contributed by atoms with Crippen molar-refractivity contribution in [3.8, 4) is 5.75 Å². The van der Waals surface area contributed by atoms with Crippen LogP contribution in [0.3, 0.4) is 0 Å². The number of benzene rings is 3. The Hall–Kier alpha value is -4.18. The van der Waals surface area contributed by atoms with Crippen molar-refractivity contribution >= 4 is 34.1 Å². The van der Waals surface area contributed by atoms with Gasteiger partial charge in [-0.2, -0.15) is 0 Å². The molecule has 0 amide bonds. The summed E-state index contributed by atoms with van der Waals surface area (Å²) in [6.45, 7) is 9.94. The summed E-state index contributed by atoms with van der Waals surface area (Å²) in [6.07, 6.45) is 1.13. The highest BCUT2D eigenvalue weighted by Crippen LogP contribution is 2.26. The molecule has 0 fully saturated rings. The minimum Gasteiger partial charge on any atom is -0.495 e. The quantitative estimate of drug-likeness (QED) is 0.157. The summed E-state index contributed by atoms with van der Waals surface area (Å²) in [4.78, 5) is 12.0. The Morgan fingerprint density at radius 2 is 1.55 bits per heavy atom. The highest BCUT2D eigenvalue weighted by molar-refractivity contribution is 5.63. The fraction of sp³-hybridized carbons (Fsp3) is 0.357. The molecule has 9 N–H and O–H groups in total. The third-order valence-corrected chi connectivity index (χ3v) is 5.61. The summed E-state index contributed by atoms with van der Waals surface area (Å²) in [6, 6.07) is 16.1. The molecule has 208 valence electrons. The second-order valence-electron chi connectivity index (χ2n) is 9.25. The van der Waals surface area contributed by atoms with Crippen LogP contribution < -0.4 is 32.6 Å². The van der Waals surface area contributed by atoms with Gasteiger partial charge in [0, 0.05) is 42.3 Å². The van der Waals surface area contributed by atoms with Crippen LogP contribution in [0.4, 0.5) is 34.1 Å². The minimum atomic E-state index is -0.484. The number of hydrogen-bond donors (Lipinski definition) is 5. The Morgan fingerprint density at radius 1 is 0.921 bits per heavy atom. The molecule has 0 radical (unpaired) electrons. The zero-order chi connectivity index (χ0) is 28.8. The summed E-state index contributed by atoms with van der Waals surface area (Å²) in [5.74, 6) is 1.31. The second kappa shape index (κ2) is 15.8. The average Bonchev–Trinajstić information content (AvgIpc) is 2.86. The van der Waals surface area contributed by atoms with Crippen LogP contribution in [0.25, 0.3) is 0 Å². The van der Waals surface area contributed by atoms with Gasteiger partial charge in [-0.3, -0.25) is 10.1 Å². The molecule has 3 aromatic carbocycles. The lowest BCUT2D eigenvalue weighted by molar-refractivity contribution is -0.383. The van der Waals surface area contributed by atoms with Gasteiger partial charge in [-0.05, 0) is 73.7 Å². The van der Waals surface area contributed by atoms with Crippen LogP contribution in [-0.4, -0.2) is 36.8 Å². The lowest BCUT2D eigenvalue weighted by Gasteiger charge is -2.25. The first-order chi connectivity index (χ1) is 17.9. The summed E-state index contributed by atoms with van der Waals surface area (Å²) < 4.78 is 4.98. The van der Waals surface area contributed by atoms with Gasteiger partial charge < -0.3 is 37.7 Å².